The zero-order valence-corrected chi connectivity index (χ0v) is 18.3. The van der Waals surface area contributed by atoms with Crippen LogP contribution in [0.5, 0.6) is 0 Å². The smallest absolute Gasteiger partial charge is 0.409 e. The Balaban J connectivity index is 1.57. The van der Waals surface area contributed by atoms with Gasteiger partial charge in [0.05, 0.1) is 17.3 Å². The summed E-state index contributed by atoms with van der Waals surface area (Å²) in [5.41, 5.74) is 2.00. The molecule has 0 aliphatic carbocycles. The molecule has 9 nitrogen and oxygen atoms in total. The second-order valence-corrected chi connectivity index (χ2v) is 7.73. The minimum atomic E-state index is -0.336. The zero-order chi connectivity index (χ0) is 22.5. The molecule has 4 rings (SSSR count). The molecule has 1 aromatic carbocycles. The van der Waals surface area contributed by atoms with Gasteiger partial charge >= 0.3 is 6.09 Å². The Kier molecular flexibility index (Phi) is 6.65. The van der Waals surface area contributed by atoms with Gasteiger partial charge in [0.1, 0.15) is 5.69 Å². The second-order valence-electron chi connectivity index (χ2n) is 7.33. The van der Waals surface area contributed by atoms with Crippen LogP contribution < -0.4 is 5.32 Å². The van der Waals surface area contributed by atoms with Crippen molar-refractivity contribution in [2.75, 3.05) is 19.7 Å². The van der Waals surface area contributed by atoms with Crippen molar-refractivity contribution in [2.45, 2.75) is 25.8 Å². The average Bonchev–Trinajstić information content (AvgIpc) is 3.26. The van der Waals surface area contributed by atoms with Crippen LogP contribution in [-0.2, 0) is 4.74 Å². The lowest BCUT2D eigenvalue weighted by Gasteiger charge is -2.31. The minimum Gasteiger partial charge on any atom is -0.450 e. The van der Waals surface area contributed by atoms with Crippen molar-refractivity contribution in [3.8, 4) is 16.9 Å². The van der Waals surface area contributed by atoms with E-state index in [4.69, 9.17) is 16.3 Å². The molecule has 0 spiro atoms. The van der Waals surface area contributed by atoms with Crippen molar-refractivity contribution in [3.05, 3.63) is 59.5 Å². The van der Waals surface area contributed by atoms with E-state index in [0.29, 0.717) is 54.5 Å². The molecule has 1 aliphatic heterocycles. The van der Waals surface area contributed by atoms with Crippen molar-refractivity contribution < 1.29 is 14.3 Å². The van der Waals surface area contributed by atoms with Gasteiger partial charge in [-0.1, -0.05) is 28.9 Å². The number of hydrogen-bond donors (Lipinski definition) is 1. The second kappa shape index (κ2) is 9.78. The molecule has 2 aromatic heterocycles. The Morgan fingerprint density at radius 2 is 1.97 bits per heavy atom. The van der Waals surface area contributed by atoms with Gasteiger partial charge < -0.3 is 15.0 Å². The molecule has 0 atom stereocenters. The number of carbonyl (C=O) groups excluding carboxylic acids is 2. The largest absolute Gasteiger partial charge is 0.450 e. The average molecular weight is 455 g/mol. The number of nitrogens with one attached hydrogen (secondary N) is 1. The number of piperidine rings is 1. The summed E-state index contributed by atoms with van der Waals surface area (Å²) in [5, 5.41) is 11.9. The molecule has 32 heavy (non-hydrogen) atoms. The monoisotopic (exact) mass is 454 g/mol. The van der Waals surface area contributed by atoms with Crippen molar-refractivity contribution in [3.63, 3.8) is 0 Å². The first kappa shape index (κ1) is 21.8. The first-order valence-electron chi connectivity index (χ1n) is 10.4. The van der Waals surface area contributed by atoms with Gasteiger partial charge in [0, 0.05) is 37.1 Å². The van der Waals surface area contributed by atoms with E-state index in [0.717, 1.165) is 0 Å². The SMILES string of the molecule is CCOC(=O)N1CCC(NC(=O)c2nnn(-c3ccccc3Cl)c2-c2cccnc2)CC1. The maximum absolute atomic E-state index is 13.2. The lowest BCUT2D eigenvalue weighted by Crippen LogP contribution is -2.46. The summed E-state index contributed by atoms with van der Waals surface area (Å²) < 4.78 is 6.60. The molecule has 1 fully saturated rings. The molecule has 3 aromatic rings. The fourth-order valence-corrected chi connectivity index (χ4v) is 3.88. The van der Waals surface area contributed by atoms with E-state index in [9.17, 15) is 9.59 Å². The Hall–Kier alpha value is -3.46. The zero-order valence-electron chi connectivity index (χ0n) is 17.6. The topological polar surface area (TPSA) is 102 Å². The molecule has 1 N–H and O–H groups in total. The van der Waals surface area contributed by atoms with E-state index < -0.39 is 0 Å². The minimum absolute atomic E-state index is 0.0830. The Morgan fingerprint density at radius 1 is 1.19 bits per heavy atom. The summed E-state index contributed by atoms with van der Waals surface area (Å²) in [6.45, 7) is 3.16. The third-order valence-electron chi connectivity index (χ3n) is 5.26. The third kappa shape index (κ3) is 4.57. The van der Waals surface area contributed by atoms with Crippen molar-refractivity contribution in [1.82, 2.24) is 30.2 Å². The van der Waals surface area contributed by atoms with Crippen molar-refractivity contribution >= 4 is 23.6 Å². The van der Waals surface area contributed by atoms with Gasteiger partial charge in [0.25, 0.3) is 5.91 Å². The van der Waals surface area contributed by atoms with Crippen LogP contribution in [0.1, 0.15) is 30.3 Å². The number of ether oxygens (including phenoxy) is 1. The highest BCUT2D eigenvalue weighted by Crippen LogP contribution is 2.28. The molecule has 1 aliphatic rings. The number of aromatic nitrogens is 4. The van der Waals surface area contributed by atoms with E-state index in [1.165, 1.54) is 0 Å². The van der Waals surface area contributed by atoms with Gasteiger partial charge in [-0.2, -0.15) is 0 Å². The number of likely N-dealkylation sites (tertiary alicyclic amines) is 1. The maximum Gasteiger partial charge on any atom is 0.409 e. The highest BCUT2D eigenvalue weighted by Gasteiger charge is 2.28. The van der Waals surface area contributed by atoms with E-state index in [-0.39, 0.29) is 23.7 Å². The lowest BCUT2D eigenvalue weighted by molar-refractivity contribution is 0.0857. The van der Waals surface area contributed by atoms with Gasteiger partial charge in [0.15, 0.2) is 5.69 Å². The van der Waals surface area contributed by atoms with Gasteiger partial charge in [0.2, 0.25) is 0 Å². The number of para-hydroxylation sites is 1. The summed E-state index contributed by atoms with van der Waals surface area (Å²) in [6.07, 6.45) is 4.25. The van der Waals surface area contributed by atoms with Crippen LogP contribution in [0.15, 0.2) is 48.8 Å². The van der Waals surface area contributed by atoms with Gasteiger partial charge in [-0.25, -0.2) is 9.48 Å². The number of carbonyl (C=O) groups is 2. The van der Waals surface area contributed by atoms with Crippen LogP contribution in [0, 0.1) is 0 Å². The molecule has 0 unspecified atom stereocenters. The third-order valence-corrected chi connectivity index (χ3v) is 5.58. The summed E-state index contributed by atoms with van der Waals surface area (Å²) in [5.74, 6) is -0.336. The summed E-state index contributed by atoms with van der Waals surface area (Å²) in [4.78, 5) is 30.9. The van der Waals surface area contributed by atoms with Gasteiger partial charge in [-0.05, 0) is 44.0 Å². The molecule has 166 valence electrons. The normalized spacial score (nSPS) is 14.2. The number of amides is 2. The standard InChI is InChI=1S/C22H23ClN6O3/c1-2-32-22(31)28-12-9-16(10-13-28)25-21(30)19-20(15-6-5-11-24-14-15)29(27-26-19)18-8-4-3-7-17(18)23/h3-8,11,14,16H,2,9-10,12-13H2,1H3,(H,25,30). The Morgan fingerprint density at radius 3 is 2.66 bits per heavy atom. The number of pyridine rings is 1. The highest BCUT2D eigenvalue weighted by molar-refractivity contribution is 6.32. The van der Waals surface area contributed by atoms with Crippen LogP contribution in [0.3, 0.4) is 0 Å². The maximum atomic E-state index is 13.2. The Labute approximate surface area is 190 Å². The molecule has 0 bridgehead atoms. The number of rotatable bonds is 5. The van der Waals surface area contributed by atoms with E-state index in [2.05, 4.69) is 20.6 Å². The van der Waals surface area contributed by atoms with Gasteiger partial charge in [-0.15, -0.1) is 5.10 Å². The van der Waals surface area contributed by atoms with E-state index >= 15 is 0 Å². The predicted molar refractivity (Wildman–Crippen MR) is 119 cm³/mol. The number of halogens is 1. The fraction of sp³-hybridized carbons (Fsp3) is 0.318. The molecule has 10 heteroatoms. The summed E-state index contributed by atoms with van der Waals surface area (Å²) >= 11 is 6.38. The van der Waals surface area contributed by atoms with E-state index in [1.54, 1.807) is 41.0 Å². The van der Waals surface area contributed by atoms with Crippen molar-refractivity contribution in [1.29, 1.82) is 0 Å². The quantitative estimate of drug-likeness (QED) is 0.634. The number of hydrogen-bond acceptors (Lipinski definition) is 6. The van der Waals surface area contributed by atoms with Crippen LogP contribution in [0.2, 0.25) is 5.02 Å². The molecule has 2 amide bonds. The van der Waals surface area contributed by atoms with Crippen LogP contribution in [0.4, 0.5) is 4.79 Å². The molecule has 0 radical (unpaired) electrons. The Bertz CT molecular complexity index is 1100. The molecule has 3 heterocycles. The molecular weight excluding hydrogens is 432 g/mol. The number of nitrogens with zero attached hydrogens (tertiary/aromatic N) is 5. The fourth-order valence-electron chi connectivity index (χ4n) is 3.66. The van der Waals surface area contributed by atoms with Crippen LogP contribution in [0.25, 0.3) is 16.9 Å². The van der Waals surface area contributed by atoms with Crippen LogP contribution >= 0.6 is 11.6 Å². The number of benzene rings is 1. The molecule has 1 saturated heterocycles. The summed E-state index contributed by atoms with van der Waals surface area (Å²) in [7, 11) is 0. The molecular formula is C22H23ClN6O3. The predicted octanol–water partition coefficient (Wildman–Crippen LogP) is 3.33. The summed E-state index contributed by atoms with van der Waals surface area (Å²) in [6, 6.07) is 10.8. The highest BCUT2D eigenvalue weighted by atomic mass is 35.5. The van der Waals surface area contributed by atoms with Crippen LogP contribution in [-0.4, -0.2) is 62.6 Å². The first-order chi connectivity index (χ1) is 15.6. The van der Waals surface area contributed by atoms with E-state index in [1.807, 2.05) is 24.3 Å². The van der Waals surface area contributed by atoms with Gasteiger partial charge in [-0.3, -0.25) is 9.78 Å². The lowest BCUT2D eigenvalue weighted by atomic mass is 10.0. The first-order valence-corrected chi connectivity index (χ1v) is 10.8. The van der Waals surface area contributed by atoms with Crippen molar-refractivity contribution in [2.24, 2.45) is 0 Å². The molecule has 0 saturated carbocycles.